The lowest BCUT2D eigenvalue weighted by molar-refractivity contribution is -0.121. The van der Waals surface area contributed by atoms with Gasteiger partial charge in [0.2, 0.25) is 17.6 Å². The van der Waals surface area contributed by atoms with Crippen molar-refractivity contribution in [2.75, 3.05) is 26.2 Å². The van der Waals surface area contributed by atoms with Gasteiger partial charge < -0.3 is 14.6 Å². The Labute approximate surface area is 196 Å². The lowest BCUT2D eigenvalue weighted by Crippen LogP contribution is -2.45. The van der Waals surface area contributed by atoms with Crippen LogP contribution in [0.4, 0.5) is 0 Å². The number of hydrogen-bond acceptors (Lipinski definition) is 6. The van der Waals surface area contributed by atoms with Crippen molar-refractivity contribution in [3.63, 3.8) is 0 Å². The molecule has 1 heterocycles. The zero-order valence-corrected chi connectivity index (χ0v) is 19.8. The van der Waals surface area contributed by atoms with Crippen LogP contribution in [0, 0.1) is 0 Å². The molecule has 3 aromatic rings. The van der Waals surface area contributed by atoms with Crippen LogP contribution in [0.15, 0.2) is 59.1 Å². The van der Waals surface area contributed by atoms with E-state index in [1.54, 1.807) is 0 Å². The summed E-state index contributed by atoms with van der Waals surface area (Å²) in [5, 5.41) is 7.14. The third kappa shape index (κ3) is 7.43. The molecule has 1 atom stereocenters. The minimum absolute atomic E-state index is 0.0129. The van der Waals surface area contributed by atoms with Crippen LogP contribution in [-0.2, 0) is 17.6 Å². The number of carbonyl (C=O) groups is 1. The zero-order valence-electron chi connectivity index (χ0n) is 19.8. The van der Waals surface area contributed by atoms with Crippen molar-refractivity contribution in [1.82, 2.24) is 20.4 Å². The summed E-state index contributed by atoms with van der Waals surface area (Å²) in [6.07, 6.45) is 1.61. The van der Waals surface area contributed by atoms with Crippen molar-refractivity contribution >= 4 is 5.91 Å². The maximum atomic E-state index is 12.5. The Hall–Kier alpha value is -3.19. The molecule has 2 aromatic carbocycles. The van der Waals surface area contributed by atoms with E-state index >= 15 is 0 Å². The molecule has 1 N–H and O–H groups in total. The van der Waals surface area contributed by atoms with Gasteiger partial charge in [0.15, 0.2) is 0 Å². The Kier molecular flexibility index (Phi) is 9.44. The minimum atomic E-state index is -0.0129. The van der Waals surface area contributed by atoms with Crippen molar-refractivity contribution < 1.29 is 14.1 Å². The summed E-state index contributed by atoms with van der Waals surface area (Å²) in [5.74, 6) is 1.76. The summed E-state index contributed by atoms with van der Waals surface area (Å²) in [6.45, 7) is 9.37. The summed E-state index contributed by atoms with van der Waals surface area (Å²) in [4.78, 5) is 19.3. The van der Waals surface area contributed by atoms with Crippen LogP contribution in [0.1, 0.15) is 38.6 Å². The molecular formula is C26H34N4O3. The second kappa shape index (κ2) is 12.7. The lowest BCUT2D eigenvalue weighted by Gasteiger charge is -2.30. The van der Waals surface area contributed by atoms with E-state index in [0.29, 0.717) is 37.7 Å². The largest absolute Gasteiger partial charge is 0.494 e. The second-order valence-corrected chi connectivity index (χ2v) is 7.84. The van der Waals surface area contributed by atoms with Gasteiger partial charge in [0.1, 0.15) is 5.75 Å². The van der Waals surface area contributed by atoms with E-state index in [9.17, 15) is 4.79 Å². The van der Waals surface area contributed by atoms with Gasteiger partial charge in [0, 0.05) is 31.0 Å². The molecule has 0 bridgehead atoms. The van der Waals surface area contributed by atoms with Crippen molar-refractivity contribution in [2.24, 2.45) is 0 Å². The first-order valence-electron chi connectivity index (χ1n) is 11.7. The molecule has 7 heteroatoms. The molecule has 1 amide bonds. The topological polar surface area (TPSA) is 80.5 Å². The van der Waals surface area contributed by atoms with Crippen LogP contribution in [0.25, 0.3) is 11.4 Å². The Bertz CT molecular complexity index is 969. The van der Waals surface area contributed by atoms with E-state index in [1.807, 2.05) is 37.3 Å². The van der Waals surface area contributed by atoms with Gasteiger partial charge >= 0.3 is 0 Å². The summed E-state index contributed by atoms with van der Waals surface area (Å²) in [6, 6.07) is 18.2. The summed E-state index contributed by atoms with van der Waals surface area (Å²) in [7, 11) is 0. The molecular weight excluding hydrogens is 416 g/mol. The number of aromatic nitrogens is 2. The van der Waals surface area contributed by atoms with E-state index in [-0.39, 0.29) is 11.9 Å². The molecule has 1 aromatic heterocycles. The normalized spacial score (nSPS) is 12.0. The van der Waals surface area contributed by atoms with Gasteiger partial charge in [0.05, 0.1) is 6.61 Å². The number of rotatable bonds is 13. The Morgan fingerprint density at radius 3 is 2.45 bits per heavy atom. The highest BCUT2D eigenvalue weighted by Gasteiger charge is 2.18. The number of nitrogens with one attached hydrogen (secondary N) is 1. The number of nitrogens with zero attached hydrogens (tertiary/aromatic N) is 3. The number of carbonyl (C=O) groups excluding carboxylic acids is 1. The number of hydrogen-bond donors (Lipinski definition) is 1. The fourth-order valence-electron chi connectivity index (χ4n) is 3.84. The van der Waals surface area contributed by atoms with Gasteiger partial charge in [-0.3, -0.25) is 9.69 Å². The van der Waals surface area contributed by atoms with Crippen molar-refractivity contribution in [3.8, 4) is 17.1 Å². The molecule has 0 aliphatic carbocycles. The first kappa shape index (κ1) is 24.5. The van der Waals surface area contributed by atoms with Gasteiger partial charge in [-0.1, -0.05) is 49.3 Å². The van der Waals surface area contributed by atoms with Gasteiger partial charge in [-0.2, -0.15) is 4.98 Å². The second-order valence-electron chi connectivity index (χ2n) is 7.84. The van der Waals surface area contributed by atoms with Crippen LogP contribution in [0.5, 0.6) is 5.75 Å². The maximum Gasteiger partial charge on any atom is 0.227 e. The molecule has 0 fully saturated rings. The molecule has 0 aliphatic heterocycles. The molecule has 176 valence electrons. The number of benzene rings is 2. The van der Waals surface area contributed by atoms with Gasteiger partial charge in [-0.15, -0.1) is 0 Å². The lowest BCUT2D eigenvalue weighted by atomic mass is 10.0. The van der Waals surface area contributed by atoms with E-state index in [0.717, 1.165) is 30.8 Å². The quantitative estimate of drug-likeness (QED) is 0.422. The maximum absolute atomic E-state index is 12.5. The number of amides is 1. The molecule has 1 unspecified atom stereocenters. The average Bonchev–Trinajstić information content (AvgIpc) is 3.32. The third-order valence-corrected chi connectivity index (χ3v) is 5.64. The molecule has 0 aliphatic rings. The fourth-order valence-corrected chi connectivity index (χ4v) is 3.84. The monoisotopic (exact) mass is 450 g/mol. The molecule has 3 rings (SSSR count). The first-order valence-corrected chi connectivity index (χ1v) is 11.7. The Balaban J connectivity index is 1.50. The van der Waals surface area contributed by atoms with Crippen LogP contribution in [0.3, 0.4) is 0 Å². The standard InChI is InChI=1S/C26H34N4O3/c1-4-30(5-2)22(18-20-10-8-7-9-11-20)19-27-24(31)16-17-25-28-26(29-33-25)21-12-14-23(15-13-21)32-6-3/h7-15,22H,4-6,16-19H2,1-3H3,(H,27,31). The molecule has 0 saturated carbocycles. The SMILES string of the molecule is CCOc1ccc(-c2noc(CCC(=O)NCC(Cc3ccccc3)N(CC)CC)n2)cc1. The van der Waals surface area contributed by atoms with Crippen LogP contribution < -0.4 is 10.1 Å². The number of aryl methyl sites for hydroxylation is 1. The fraction of sp³-hybridized carbons (Fsp3) is 0.423. The third-order valence-electron chi connectivity index (χ3n) is 5.64. The summed E-state index contributed by atoms with van der Waals surface area (Å²) < 4.78 is 10.8. The summed E-state index contributed by atoms with van der Waals surface area (Å²) in [5.41, 5.74) is 2.12. The smallest absolute Gasteiger partial charge is 0.227 e. The van der Waals surface area contributed by atoms with E-state index in [1.165, 1.54) is 5.56 Å². The molecule has 0 saturated heterocycles. The first-order chi connectivity index (χ1) is 16.1. The van der Waals surface area contributed by atoms with Crippen LogP contribution in [-0.4, -0.2) is 53.2 Å². The minimum Gasteiger partial charge on any atom is -0.494 e. The molecule has 0 spiro atoms. The van der Waals surface area contributed by atoms with Gasteiger partial charge in [0.25, 0.3) is 0 Å². The van der Waals surface area contributed by atoms with Crippen molar-refractivity contribution in [3.05, 3.63) is 66.1 Å². The van der Waals surface area contributed by atoms with Crippen LogP contribution >= 0.6 is 0 Å². The van der Waals surface area contributed by atoms with E-state index < -0.39 is 0 Å². The van der Waals surface area contributed by atoms with E-state index in [4.69, 9.17) is 9.26 Å². The predicted molar refractivity (Wildman–Crippen MR) is 129 cm³/mol. The average molecular weight is 451 g/mol. The highest BCUT2D eigenvalue weighted by Crippen LogP contribution is 2.20. The Morgan fingerprint density at radius 2 is 1.79 bits per heavy atom. The van der Waals surface area contributed by atoms with E-state index in [2.05, 4.69) is 58.5 Å². The summed E-state index contributed by atoms with van der Waals surface area (Å²) >= 11 is 0. The van der Waals surface area contributed by atoms with Gasteiger partial charge in [-0.25, -0.2) is 0 Å². The van der Waals surface area contributed by atoms with Gasteiger partial charge in [-0.05, 0) is 56.3 Å². The highest BCUT2D eigenvalue weighted by molar-refractivity contribution is 5.76. The predicted octanol–water partition coefficient (Wildman–Crippen LogP) is 4.14. The molecule has 7 nitrogen and oxygen atoms in total. The van der Waals surface area contributed by atoms with Crippen LogP contribution in [0.2, 0.25) is 0 Å². The Morgan fingerprint density at radius 1 is 1.06 bits per heavy atom. The number of ether oxygens (including phenoxy) is 1. The molecule has 0 radical (unpaired) electrons. The van der Waals surface area contributed by atoms with Crippen molar-refractivity contribution in [2.45, 2.75) is 46.1 Å². The van der Waals surface area contributed by atoms with Crippen molar-refractivity contribution in [1.29, 1.82) is 0 Å². The zero-order chi connectivity index (χ0) is 23.5. The number of likely N-dealkylation sites (N-methyl/N-ethyl adjacent to an activating group) is 1. The highest BCUT2D eigenvalue weighted by atomic mass is 16.5. The molecule has 33 heavy (non-hydrogen) atoms.